The number of hydrogen-bond acceptors (Lipinski definition) is 5. The normalized spacial score (nSPS) is 10.8. The number of benzene rings is 3. The van der Waals surface area contributed by atoms with Crippen LogP contribution in [0, 0.1) is 0 Å². The molecule has 0 saturated heterocycles. The molecule has 0 aliphatic carbocycles. The monoisotopic (exact) mass is 453 g/mol. The summed E-state index contributed by atoms with van der Waals surface area (Å²) in [6.45, 7) is 0.149. The molecule has 0 heterocycles. The van der Waals surface area contributed by atoms with Crippen LogP contribution in [0.4, 0.5) is 11.4 Å². The van der Waals surface area contributed by atoms with Gasteiger partial charge in [0.25, 0.3) is 15.9 Å². The molecule has 3 N–H and O–H groups in total. The van der Waals surface area contributed by atoms with E-state index in [1.807, 2.05) is 6.07 Å². The Hall–Kier alpha value is -3.85. The summed E-state index contributed by atoms with van der Waals surface area (Å²) in [5.41, 5.74) is 1.23. The fourth-order valence-electron chi connectivity index (χ4n) is 2.82. The van der Waals surface area contributed by atoms with Gasteiger partial charge >= 0.3 is 0 Å². The van der Waals surface area contributed by atoms with Gasteiger partial charge in [-0.05, 0) is 54.6 Å². The molecule has 3 aromatic rings. The van der Waals surface area contributed by atoms with Crippen LogP contribution >= 0.6 is 0 Å². The van der Waals surface area contributed by atoms with Crippen molar-refractivity contribution in [1.29, 1.82) is 0 Å². The van der Waals surface area contributed by atoms with E-state index in [0.29, 0.717) is 22.7 Å². The molecule has 0 unspecified atom stereocenters. The molecule has 0 radical (unpaired) electrons. The van der Waals surface area contributed by atoms with E-state index >= 15 is 0 Å². The van der Waals surface area contributed by atoms with Gasteiger partial charge in [0.2, 0.25) is 5.91 Å². The van der Waals surface area contributed by atoms with Gasteiger partial charge in [0.1, 0.15) is 5.75 Å². The van der Waals surface area contributed by atoms with E-state index in [9.17, 15) is 18.0 Å². The second-order valence-corrected chi connectivity index (χ2v) is 8.46. The van der Waals surface area contributed by atoms with Crippen molar-refractivity contribution in [1.82, 2.24) is 5.32 Å². The molecular weight excluding hydrogens is 430 g/mol. The van der Waals surface area contributed by atoms with E-state index in [1.54, 1.807) is 54.6 Å². The van der Waals surface area contributed by atoms with Crippen LogP contribution in [0.25, 0.3) is 0 Å². The molecule has 0 fully saturated rings. The van der Waals surface area contributed by atoms with Gasteiger partial charge < -0.3 is 15.4 Å². The van der Waals surface area contributed by atoms with E-state index in [4.69, 9.17) is 4.74 Å². The van der Waals surface area contributed by atoms with E-state index in [2.05, 4.69) is 15.4 Å². The summed E-state index contributed by atoms with van der Waals surface area (Å²) in [6.07, 6.45) is 0.0413. The maximum atomic E-state index is 12.7. The van der Waals surface area contributed by atoms with E-state index in [0.717, 1.165) is 0 Å². The number of hydrogen-bond donors (Lipinski definition) is 3. The fraction of sp³-hybridized carbons (Fsp3) is 0.130. The molecule has 32 heavy (non-hydrogen) atoms. The summed E-state index contributed by atoms with van der Waals surface area (Å²) in [4.78, 5) is 24.2. The van der Waals surface area contributed by atoms with E-state index in [1.165, 1.54) is 25.3 Å². The predicted octanol–water partition coefficient (Wildman–Crippen LogP) is 3.25. The molecule has 166 valence electrons. The maximum Gasteiger partial charge on any atom is 0.261 e. The fourth-order valence-corrected chi connectivity index (χ4v) is 3.92. The topological polar surface area (TPSA) is 114 Å². The minimum absolute atomic E-state index is 0.00324. The first-order chi connectivity index (χ1) is 15.4. The molecule has 2 amide bonds. The number of carbonyl (C=O) groups is 2. The minimum Gasteiger partial charge on any atom is -0.497 e. The lowest BCUT2D eigenvalue weighted by Gasteiger charge is -2.11. The van der Waals surface area contributed by atoms with Crippen molar-refractivity contribution >= 4 is 33.2 Å². The summed E-state index contributed by atoms with van der Waals surface area (Å²) in [5.74, 6) is -0.00950. The molecule has 8 nitrogen and oxygen atoms in total. The molecule has 9 heteroatoms. The number of carbonyl (C=O) groups excluding carboxylic acids is 2. The molecule has 0 aliphatic heterocycles. The third-order valence-corrected chi connectivity index (χ3v) is 5.82. The number of rotatable bonds is 9. The number of ether oxygens (including phenoxy) is 1. The lowest BCUT2D eigenvalue weighted by Crippen LogP contribution is -2.27. The lowest BCUT2D eigenvalue weighted by molar-refractivity contribution is -0.116. The molecule has 0 aromatic heterocycles. The number of anilines is 2. The Kier molecular flexibility index (Phi) is 7.45. The quantitative estimate of drug-likeness (QED) is 0.460. The first-order valence-corrected chi connectivity index (χ1v) is 11.3. The van der Waals surface area contributed by atoms with Crippen LogP contribution < -0.4 is 20.1 Å². The van der Waals surface area contributed by atoms with Gasteiger partial charge in [-0.2, -0.15) is 0 Å². The molecule has 3 rings (SSSR count). The van der Waals surface area contributed by atoms with Crippen molar-refractivity contribution in [2.45, 2.75) is 11.3 Å². The van der Waals surface area contributed by atoms with Crippen molar-refractivity contribution in [3.05, 3.63) is 84.4 Å². The van der Waals surface area contributed by atoms with Crippen LogP contribution in [-0.2, 0) is 14.8 Å². The van der Waals surface area contributed by atoms with Crippen molar-refractivity contribution in [2.75, 3.05) is 23.7 Å². The van der Waals surface area contributed by atoms with Crippen LogP contribution in [0.1, 0.15) is 16.8 Å². The van der Waals surface area contributed by atoms with Gasteiger partial charge in [-0.1, -0.05) is 24.3 Å². The molecule has 0 bridgehead atoms. The summed E-state index contributed by atoms with van der Waals surface area (Å²) in [6, 6.07) is 21.1. The standard InChI is InChI=1S/C23H23N3O5S/c1-31-20-12-10-18(11-13-20)26-32(29,30)21-9-5-8-19(16-21)25-22(27)14-15-24-23(28)17-6-3-2-4-7-17/h2-13,16,26H,14-15H2,1H3,(H,24,28)(H,25,27). The van der Waals surface area contributed by atoms with Crippen molar-refractivity contribution in [3.8, 4) is 5.75 Å². The highest BCUT2D eigenvalue weighted by atomic mass is 32.2. The molecule has 3 aromatic carbocycles. The zero-order valence-corrected chi connectivity index (χ0v) is 18.2. The molecule has 0 spiro atoms. The number of sulfonamides is 1. The highest BCUT2D eigenvalue weighted by molar-refractivity contribution is 7.92. The Morgan fingerprint density at radius 2 is 1.59 bits per heavy atom. The highest BCUT2D eigenvalue weighted by Gasteiger charge is 2.15. The van der Waals surface area contributed by atoms with E-state index < -0.39 is 10.0 Å². The Bertz CT molecular complexity index is 1180. The lowest BCUT2D eigenvalue weighted by atomic mass is 10.2. The van der Waals surface area contributed by atoms with Crippen LogP contribution in [-0.4, -0.2) is 33.9 Å². The number of nitrogens with one attached hydrogen (secondary N) is 3. The average Bonchev–Trinajstić information content (AvgIpc) is 2.80. The largest absolute Gasteiger partial charge is 0.497 e. The van der Waals surface area contributed by atoms with Crippen LogP contribution in [0.2, 0.25) is 0 Å². The van der Waals surface area contributed by atoms with Crippen molar-refractivity contribution < 1.29 is 22.7 Å². The minimum atomic E-state index is -3.85. The van der Waals surface area contributed by atoms with Gasteiger partial charge in [0.15, 0.2) is 0 Å². The summed E-state index contributed by atoms with van der Waals surface area (Å²) >= 11 is 0. The molecular formula is C23H23N3O5S. The summed E-state index contributed by atoms with van der Waals surface area (Å²) < 4.78 is 32.9. The first kappa shape index (κ1) is 22.8. The molecule has 0 atom stereocenters. The Morgan fingerprint density at radius 1 is 0.875 bits per heavy atom. The van der Waals surface area contributed by atoms with Gasteiger partial charge in [-0.3, -0.25) is 14.3 Å². The first-order valence-electron chi connectivity index (χ1n) is 9.77. The van der Waals surface area contributed by atoms with Crippen molar-refractivity contribution in [2.24, 2.45) is 0 Å². The molecule has 0 aliphatic rings. The Morgan fingerprint density at radius 3 is 2.28 bits per heavy atom. The second kappa shape index (κ2) is 10.5. The SMILES string of the molecule is COc1ccc(NS(=O)(=O)c2cccc(NC(=O)CCNC(=O)c3ccccc3)c2)cc1. The highest BCUT2D eigenvalue weighted by Crippen LogP contribution is 2.21. The summed E-state index contributed by atoms with van der Waals surface area (Å²) in [7, 11) is -2.33. The maximum absolute atomic E-state index is 12.7. The number of methoxy groups -OCH3 is 1. The average molecular weight is 454 g/mol. The van der Waals surface area contributed by atoms with Crippen LogP contribution in [0.5, 0.6) is 5.75 Å². The van der Waals surface area contributed by atoms with Crippen molar-refractivity contribution in [3.63, 3.8) is 0 Å². The van der Waals surface area contributed by atoms with E-state index in [-0.39, 0.29) is 29.7 Å². The smallest absolute Gasteiger partial charge is 0.261 e. The third-order valence-electron chi connectivity index (χ3n) is 4.44. The second-order valence-electron chi connectivity index (χ2n) is 6.78. The predicted molar refractivity (Wildman–Crippen MR) is 122 cm³/mol. The Labute approximate surface area is 186 Å². The van der Waals surface area contributed by atoms with Gasteiger partial charge in [-0.25, -0.2) is 8.42 Å². The Balaban J connectivity index is 1.56. The van der Waals surface area contributed by atoms with Gasteiger partial charge in [0, 0.05) is 29.9 Å². The van der Waals surface area contributed by atoms with Gasteiger partial charge in [-0.15, -0.1) is 0 Å². The number of amides is 2. The zero-order chi connectivity index (χ0) is 23.0. The van der Waals surface area contributed by atoms with Gasteiger partial charge in [0.05, 0.1) is 12.0 Å². The van der Waals surface area contributed by atoms with Crippen LogP contribution in [0.15, 0.2) is 83.8 Å². The third kappa shape index (κ3) is 6.32. The summed E-state index contributed by atoms with van der Waals surface area (Å²) in [5, 5.41) is 5.32. The van der Waals surface area contributed by atoms with Crippen LogP contribution in [0.3, 0.4) is 0 Å². The molecule has 0 saturated carbocycles. The zero-order valence-electron chi connectivity index (χ0n) is 17.4.